The smallest absolute Gasteiger partial charge is 0.406 e. The number of ether oxygens (including phenoxy) is 1. The van der Waals surface area contributed by atoms with Crippen LogP contribution in [0.3, 0.4) is 0 Å². The van der Waals surface area contributed by atoms with Gasteiger partial charge < -0.3 is 25.1 Å². The topological polar surface area (TPSA) is 122 Å². The van der Waals surface area contributed by atoms with Crippen LogP contribution in [0.4, 0.5) is 29.8 Å². The monoisotopic (exact) mass is 613 g/mol. The summed E-state index contributed by atoms with van der Waals surface area (Å²) in [5, 5.41) is 15.9. The Morgan fingerprint density at radius 2 is 2.00 bits per heavy atom. The van der Waals surface area contributed by atoms with E-state index in [4.69, 9.17) is 0 Å². The third-order valence-corrected chi connectivity index (χ3v) is 7.42. The maximum atomic E-state index is 12.4. The lowest BCUT2D eigenvalue weighted by atomic mass is 9.98. The number of rotatable bonds is 9. The summed E-state index contributed by atoms with van der Waals surface area (Å²) in [6.45, 7) is 1.71. The van der Waals surface area contributed by atoms with Crippen molar-refractivity contribution in [3.63, 3.8) is 0 Å². The number of nitrogens with zero attached hydrogens (tertiary/aromatic N) is 5. The van der Waals surface area contributed by atoms with Gasteiger partial charge in [0.2, 0.25) is 11.0 Å². The second-order valence-corrected chi connectivity index (χ2v) is 10.5. The van der Waals surface area contributed by atoms with Gasteiger partial charge in [-0.3, -0.25) is 9.78 Å². The molecule has 14 heteroatoms. The van der Waals surface area contributed by atoms with Crippen molar-refractivity contribution in [1.29, 1.82) is 0 Å². The molecule has 4 aromatic rings. The molecular weight excluding hydrogens is 583 g/mol. The number of aromatic nitrogens is 4. The molecule has 1 unspecified atom stereocenters. The van der Waals surface area contributed by atoms with Gasteiger partial charge in [-0.05, 0) is 54.8 Å². The quantitative estimate of drug-likeness (QED) is 0.243. The van der Waals surface area contributed by atoms with E-state index in [0.717, 1.165) is 53.7 Å². The van der Waals surface area contributed by atoms with Crippen molar-refractivity contribution in [2.24, 2.45) is 0 Å². The highest BCUT2D eigenvalue weighted by atomic mass is 32.1. The zero-order valence-electron chi connectivity index (χ0n) is 23.3. The summed E-state index contributed by atoms with van der Waals surface area (Å²) >= 11 is 1.56. The number of piperidine rings is 1. The van der Waals surface area contributed by atoms with E-state index >= 15 is 0 Å². The van der Waals surface area contributed by atoms with Crippen LogP contribution in [0.2, 0.25) is 0 Å². The summed E-state index contributed by atoms with van der Waals surface area (Å²) in [7, 11) is 1.82. The lowest BCUT2D eigenvalue weighted by Gasteiger charge is -2.33. The molecule has 1 aliphatic rings. The fourth-order valence-electron chi connectivity index (χ4n) is 4.39. The summed E-state index contributed by atoms with van der Waals surface area (Å²) in [5.74, 6) is -0.0903. The molecule has 0 aliphatic carbocycles. The van der Waals surface area contributed by atoms with Gasteiger partial charge in [-0.15, -0.1) is 23.4 Å². The van der Waals surface area contributed by atoms with Crippen LogP contribution in [-0.2, 0) is 22.4 Å². The average Bonchev–Trinajstić information content (AvgIpc) is 3.48. The zero-order valence-corrected chi connectivity index (χ0v) is 24.1. The molecule has 226 valence electrons. The number of anilines is 3. The molecule has 1 amide bonds. The van der Waals surface area contributed by atoms with Gasteiger partial charge in [0.1, 0.15) is 22.9 Å². The number of hydrogen-bond donors (Lipinski definition) is 2. The van der Waals surface area contributed by atoms with E-state index in [9.17, 15) is 22.8 Å². The van der Waals surface area contributed by atoms with Crippen molar-refractivity contribution in [1.82, 2.24) is 20.2 Å². The molecule has 0 radical (unpaired) electrons. The van der Waals surface area contributed by atoms with Crippen LogP contribution >= 0.6 is 11.3 Å². The molecule has 1 atom stereocenters. The predicted molar refractivity (Wildman–Crippen MR) is 157 cm³/mol. The van der Waals surface area contributed by atoms with Gasteiger partial charge >= 0.3 is 6.36 Å². The van der Waals surface area contributed by atoms with Crippen LogP contribution in [-0.4, -0.2) is 58.9 Å². The van der Waals surface area contributed by atoms with Crippen molar-refractivity contribution < 1.29 is 27.5 Å². The summed E-state index contributed by atoms with van der Waals surface area (Å²) in [6, 6.07) is 14.5. The number of aldehydes is 1. The van der Waals surface area contributed by atoms with E-state index in [1.54, 1.807) is 35.9 Å². The molecule has 2 N–H and O–H groups in total. The average molecular weight is 614 g/mol. The van der Waals surface area contributed by atoms with E-state index in [0.29, 0.717) is 23.7 Å². The molecule has 10 nitrogen and oxygen atoms in total. The van der Waals surface area contributed by atoms with Crippen molar-refractivity contribution >= 4 is 40.2 Å². The van der Waals surface area contributed by atoms with E-state index in [1.165, 1.54) is 18.2 Å². The molecule has 1 saturated heterocycles. The fourth-order valence-corrected chi connectivity index (χ4v) is 5.21. The van der Waals surface area contributed by atoms with Crippen LogP contribution in [0.15, 0.2) is 67.0 Å². The number of halogens is 3. The molecule has 0 bridgehead atoms. The Morgan fingerprint density at radius 1 is 1.14 bits per heavy atom. The SMILES string of the molecule is CNc1nnc(C2CCCN(c3ccc(NC(=O)Cc4cccc(OC(F)(F)F)c4)nc3)C2)s1.O=CCc1ccccn1. The molecular formula is C29H30F3N7O3S. The Morgan fingerprint density at radius 3 is 2.67 bits per heavy atom. The third kappa shape index (κ3) is 10.0. The number of alkyl halides is 3. The molecule has 1 fully saturated rings. The van der Waals surface area contributed by atoms with Gasteiger partial charge in [0.25, 0.3) is 0 Å². The third-order valence-electron chi connectivity index (χ3n) is 6.32. The molecule has 0 spiro atoms. The summed E-state index contributed by atoms with van der Waals surface area (Å²) < 4.78 is 41.1. The first-order valence-electron chi connectivity index (χ1n) is 13.4. The molecule has 0 saturated carbocycles. The lowest BCUT2D eigenvalue weighted by molar-refractivity contribution is -0.274. The molecule has 1 aliphatic heterocycles. The van der Waals surface area contributed by atoms with E-state index in [-0.39, 0.29) is 18.1 Å². The standard InChI is InChI=1S/C22H23F3N6O2S.C7H7NO/c1-26-21-30-29-20(34-21)15-5-3-9-31(13-15)16-7-8-18(27-12-16)28-19(32)11-14-4-2-6-17(10-14)33-22(23,24)25;9-6-4-7-3-1-2-5-8-7/h2,4,6-8,10,12,15H,3,5,9,11,13H2,1H3,(H,26,30)(H,27,28,32);1-3,5-6H,4H2. The Labute approximate surface area is 250 Å². The minimum atomic E-state index is -4.78. The summed E-state index contributed by atoms with van der Waals surface area (Å²) in [5.41, 5.74) is 2.17. The first kappa shape index (κ1) is 31.3. The van der Waals surface area contributed by atoms with E-state index in [1.807, 2.05) is 31.3 Å². The highest BCUT2D eigenvalue weighted by Crippen LogP contribution is 2.32. The van der Waals surface area contributed by atoms with Gasteiger partial charge in [-0.2, -0.15) is 0 Å². The Balaban J connectivity index is 0.000000403. The number of pyridine rings is 2. The molecule has 5 rings (SSSR count). The fraction of sp³-hybridized carbons (Fsp3) is 0.310. The largest absolute Gasteiger partial charge is 0.573 e. The zero-order chi connectivity index (χ0) is 30.7. The number of carbonyl (C=O) groups excluding carboxylic acids is 2. The minimum absolute atomic E-state index is 0.108. The minimum Gasteiger partial charge on any atom is -0.406 e. The number of nitrogens with one attached hydrogen (secondary N) is 2. The van der Waals surface area contributed by atoms with Crippen molar-refractivity contribution in [3.8, 4) is 5.75 Å². The maximum absolute atomic E-state index is 12.4. The molecule has 4 heterocycles. The summed E-state index contributed by atoms with van der Waals surface area (Å²) in [6.07, 6.45) is 1.83. The lowest BCUT2D eigenvalue weighted by Crippen LogP contribution is -2.34. The first-order chi connectivity index (χ1) is 20.7. The highest BCUT2D eigenvalue weighted by molar-refractivity contribution is 7.15. The number of benzene rings is 1. The van der Waals surface area contributed by atoms with Crippen LogP contribution in [0, 0.1) is 0 Å². The Hall–Kier alpha value is -4.59. The Kier molecular flexibility index (Phi) is 11.0. The highest BCUT2D eigenvalue weighted by Gasteiger charge is 2.31. The van der Waals surface area contributed by atoms with Gasteiger partial charge in [0, 0.05) is 44.4 Å². The molecule has 3 aromatic heterocycles. The maximum Gasteiger partial charge on any atom is 0.573 e. The van der Waals surface area contributed by atoms with E-state index < -0.39 is 6.36 Å². The predicted octanol–water partition coefficient (Wildman–Crippen LogP) is 5.26. The molecule has 43 heavy (non-hydrogen) atoms. The van der Waals surface area contributed by atoms with Crippen LogP contribution in [0.5, 0.6) is 5.75 Å². The van der Waals surface area contributed by atoms with Gasteiger partial charge in [-0.1, -0.05) is 29.5 Å². The van der Waals surface area contributed by atoms with Gasteiger partial charge in [0.15, 0.2) is 0 Å². The van der Waals surface area contributed by atoms with Crippen molar-refractivity contribution in [2.45, 2.75) is 38.0 Å². The Bertz CT molecular complexity index is 1470. The number of carbonyl (C=O) groups is 2. The van der Waals surface area contributed by atoms with Crippen LogP contribution < -0.4 is 20.3 Å². The number of hydrogen-bond acceptors (Lipinski definition) is 10. The van der Waals surface area contributed by atoms with Crippen molar-refractivity contribution in [2.75, 3.05) is 35.7 Å². The van der Waals surface area contributed by atoms with E-state index in [2.05, 4.69) is 40.4 Å². The van der Waals surface area contributed by atoms with Crippen molar-refractivity contribution in [3.05, 3.63) is 83.3 Å². The summed E-state index contributed by atoms with van der Waals surface area (Å²) in [4.78, 5) is 32.8. The second kappa shape index (κ2) is 15.0. The van der Waals surface area contributed by atoms with Gasteiger partial charge in [0.05, 0.1) is 18.3 Å². The first-order valence-corrected chi connectivity index (χ1v) is 14.2. The number of amides is 1. The van der Waals surface area contributed by atoms with Crippen LogP contribution in [0.25, 0.3) is 0 Å². The second-order valence-electron chi connectivity index (χ2n) is 9.49. The van der Waals surface area contributed by atoms with Crippen LogP contribution in [0.1, 0.15) is 35.0 Å². The normalized spacial score (nSPS) is 14.7. The molecule has 1 aromatic carbocycles. The van der Waals surface area contributed by atoms with Gasteiger partial charge in [-0.25, -0.2) is 4.98 Å².